The smallest absolute Gasteiger partial charge is 0.278 e. The Morgan fingerprint density at radius 2 is 1.54 bits per heavy atom. The van der Waals surface area contributed by atoms with Crippen LogP contribution in [-0.4, -0.2) is 42.0 Å². The van der Waals surface area contributed by atoms with Crippen molar-refractivity contribution in [3.8, 4) is 11.5 Å². The molecule has 0 saturated carbocycles. The summed E-state index contributed by atoms with van der Waals surface area (Å²) >= 11 is 5.96. The van der Waals surface area contributed by atoms with Crippen molar-refractivity contribution in [3.05, 3.63) is 91.5 Å². The van der Waals surface area contributed by atoms with Crippen molar-refractivity contribution in [3.63, 3.8) is 0 Å². The summed E-state index contributed by atoms with van der Waals surface area (Å²) in [6, 6.07) is 12.6. The molecule has 2 saturated heterocycles. The van der Waals surface area contributed by atoms with Gasteiger partial charge in [0.1, 0.15) is 12.0 Å². The Hall–Kier alpha value is -4.75. The summed E-state index contributed by atoms with van der Waals surface area (Å²) in [7, 11) is 2.65. The Morgan fingerprint density at radius 3 is 2.15 bits per heavy atom. The van der Waals surface area contributed by atoms with Crippen molar-refractivity contribution in [1.29, 1.82) is 0 Å². The van der Waals surface area contributed by atoms with Gasteiger partial charge in [-0.25, -0.2) is 9.96 Å². The minimum Gasteiger partial charge on any atom is -0.493 e. The number of methoxy groups -OCH3 is 2. The third-order valence-corrected chi connectivity index (χ3v) is 6.80. The predicted octanol–water partition coefficient (Wildman–Crippen LogP) is 4.22. The van der Waals surface area contributed by atoms with Crippen LogP contribution in [0.3, 0.4) is 0 Å². The van der Waals surface area contributed by atoms with E-state index < -0.39 is 45.4 Å². The number of carbonyl (C=O) groups is 2. The van der Waals surface area contributed by atoms with Crippen molar-refractivity contribution in [2.75, 3.05) is 24.2 Å². The largest absolute Gasteiger partial charge is 0.493 e. The van der Waals surface area contributed by atoms with Crippen molar-refractivity contribution in [1.82, 2.24) is 0 Å². The van der Waals surface area contributed by atoms with Gasteiger partial charge in [0.2, 0.25) is 5.91 Å². The van der Waals surface area contributed by atoms with E-state index in [1.54, 1.807) is 0 Å². The van der Waals surface area contributed by atoms with Crippen LogP contribution >= 0.6 is 11.6 Å². The molecular weight excluding hydrogens is 536 g/mol. The third kappa shape index (κ3) is 4.27. The Bertz CT molecular complexity index is 1510. The van der Waals surface area contributed by atoms with Gasteiger partial charge in [0.15, 0.2) is 17.6 Å². The highest BCUT2D eigenvalue weighted by atomic mass is 35.5. The normalized spacial score (nSPS) is 20.2. The lowest BCUT2D eigenvalue weighted by atomic mass is 9.89. The Labute approximate surface area is 225 Å². The highest BCUT2D eigenvalue weighted by Crippen LogP contribution is 2.51. The molecule has 2 amide bonds. The number of nitrogens with zero attached hydrogens (tertiary/aromatic N) is 4. The van der Waals surface area contributed by atoms with Gasteiger partial charge in [0.05, 0.1) is 47.1 Å². The molecule has 13 nitrogen and oxygen atoms in total. The fourth-order valence-corrected chi connectivity index (χ4v) is 4.95. The first-order valence-corrected chi connectivity index (χ1v) is 11.8. The van der Waals surface area contributed by atoms with Gasteiger partial charge in [-0.2, -0.15) is 0 Å². The van der Waals surface area contributed by atoms with E-state index in [1.807, 2.05) is 0 Å². The van der Waals surface area contributed by atoms with Crippen LogP contribution in [0.4, 0.5) is 22.7 Å². The Kier molecular flexibility index (Phi) is 6.54. The number of halogens is 1. The molecule has 39 heavy (non-hydrogen) atoms. The molecule has 0 spiro atoms. The standard InChI is InChI=1S/C25H19ClN4O9/c1-37-19-11-17(18(30(35)36)12-20(19)38-2)22-21-23(39-28(22)15-4-3-5-16(10-15)29(33)34)25(32)27(24(21)31)14-8-6-13(26)7-9-14/h3-12,21-23H,1-2H3/t21-,22-,23+/m1/s1. The number of amides is 2. The fraction of sp³-hybridized carbons (Fsp3) is 0.200. The molecule has 3 aromatic carbocycles. The third-order valence-electron chi connectivity index (χ3n) is 6.54. The maximum absolute atomic E-state index is 13.8. The van der Waals surface area contributed by atoms with E-state index in [4.69, 9.17) is 25.9 Å². The maximum atomic E-state index is 13.8. The zero-order chi connectivity index (χ0) is 28.0. The number of rotatable bonds is 7. The molecule has 0 aromatic heterocycles. The van der Waals surface area contributed by atoms with Gasteiger partial charge in [-0.05, 0) is 36.4 Å². The number of hydroxylamine groups is 1. The van der Waals surface area contributed by atoms with Gasteiger partial charge in [-0.3, -0.25) is 34.7 Å². The van der Waals surface area contributed by atoms with Gasteiger partial charge in [-0.15, -0.1) is 0 Å². The van der Waals surface area contributed by atoms with Gasteiger partial charge in [0, 0.05) is 17.2 Å². The number of nitro groups is 2. The molecule has 14 heteroatoms. The molecule has 0 radical (unpaired) electrons. The SMILES string of the molecule is COc1cc([C@@H]2[C@H]3C(=O)N(c4ccc(Cl)cc4)C(=O)[C@H]3ON2c2cccc([N+](=O)[O-])c2)c([N+](=O)[O-])cc1OC. The van der Waals surface area contributed by atoms with Gasteiger partial charge < -0.3 is 9.47 Å². The Morgan fingerprint density at radius 1 is 0.872 bits per heavy atom. The van der Waals surface area contributed by atoms with Crippen molar-refractivity contribution >= 4 is 46.2 Å². The predicted molar refractivity (Wildman–Crippen MR) is 137 cm³/mol. The number of ether oxygens (including phenoxy) is 2. The molecule has 200 valence electrons. The molecule has 2 aliphatic rings. The molecular formula is C25H19ClN4O9. The maximum Gasteiger partial charge on any atom is 0.278 e. The zero-order valence-corrected chi connectivity index (χ0v) is 21.1. The highest BCUT2D eigenvalue weighted by Gasteiger charge is 2.61. The van der Waals surface area contributed by atoms with Crippen LogP contribution in [0.25, 0.3) is 0 Å². The number of imide groups is 1. The van der Waals surface area contributed by atoms with Crippen LogP contribution in [0.2, 0.25) is 5.02 Å². The van der Waals surface area contributed by atoms with Crippen LogP contribution in [0.1, 0.15) is 11.6 Å². The minimum absolute atomic E-state index is 0.0178. The highest BCUT2D eigenvalue weighted by molar-refractivity contribution is 6.31. The van der Waals surface area contributed by atoms with Crippen LogP contribution in [0.5, 0.6) is 11.5 Å². The summed E-state index contributed by atoms with van der Waals surface area (Å²) < 4.78 is 10.6. The summed E-state index contributed by atoms with van der Waals surface area (Å²) in [5, 5.41) is 25.1. The summed E-state index contributed by atoms with van der Waals surface area (Å²) in [6.07, 6.45) is -1.37. The van der Waals surface area contributed by atoms with Crippen molar-refractivity contribution in [2.45, 2.75) is 12.1 Å². The fourth-order valence-electron chi connectivity index (χ4n) is 4.82. The minimum atomic E-state index is -1.37. The number of nitro benzene ring substituents is 2. The lowest BCUT2D eigenvalue weighted by Gasteiger charge is -2.28. The lowest BCUT2D eigenvalue weighted by Crippen LogP contribution is -2.37. The first-order valence-electron chi connectivity index (χ1n) is 11.4. The molecule has 0 bridgehead atoms. The molecule has 0 N–H and O–H groups in total. The van der Waals surface area contributed by atoms with E-state index in [-0.39, 0.29) is 34.1 Å². The summed E-state index contributed by atoms with van der Waals surface area (Å²) in [5.41, 5.74) is -0.367. The van der Waals surface area contributed by atoms with E-state index in [1.165, 1.54) is 68.8 Å². The molecule has 0 unspecified atom stereocenters. The topological polar surface area (TPSA) is 155 Å². The quantitative estimate of drug-likeness (QED) is 0.235. The number of fused-ring (bicyclic) bond motifs is 1. The van der Waals surface area contributed by atoms with E-state index in [0.717, 1.165) is 16.0 Å². The molecule has 3 atom stereocenters. The number of hydrogen-bond acceptors (Lipinski definition) is 10. The molecule has 5 rings (SSSR count). The first-order chi connectivity index (χ1) is 18.7. The van der Waals surface area contributed by atoms with Crippen LogP contribution in [0, 0.1) is 26.1 Å². The molecule has 2 aliphatic heterocycles. The van der Waals surface area contributed by atoms with E-state index in [9.17, 15) is 29.8 Å². The van der Waals surface area contributed by atoms with E-state index in [2.05, 4.69) is 0 Å². The number of non-ortho nitro benzene ring substituents is 1. The molecule has 0 aliphatic carbocycles. The number of benzene rings is 3. The second-order valence-corrected chi connectivity index (χ2v) is 9.05. The molecule has 2 fully saturated rings. The van der Waals surface area contributed by atoms with Gasteiger partial charge in [0.25, 0.3) is 17.3 Å². The summed E-state index contributed by atoms with van der Waals surface area (Å²) in [6.45, 7) is 0. The first kappa shape index (κ1) is 25.9. The molecule has 2 heterocycles. The van der Waals surface area contributed by atoms with E-state index >= 15 is 0 Å². The second kappa shape index (κ2) is 9.85. The lowest BCUT2D eigenvalue weighted by molar-refractivity contribution is -0.385. The van der Waals surface area contributed by atoms with Crippen LogP contribution in [0.15, 0.2) is 60.7 Å². The number of hydrogen-bond donors (Lipinski definition) is 0. The van der Waals surface area contributed by atoms with Gasteiger partial charge in [-0.1, -0.05) is 17.7 Å². The number of anilines is 2. The van der Waals surface area contributed by atoms with E-state index in [0.29, 0.717) is 5.02 Å². The van der Waals surface area contributed by atoms with Crippen LogP contribution < -0.4 is 19.4 Å². The van der Waals surface area contributed by atoms with Crippen LogP contribution in [-0.2, 0) is 14.4 Å². The Balaban J connectivity index is 1.70. The number of carbonyl (C=O) groups excluding carboxylic acids is 2. The van der Waals surface area contributed by atoms with Gasteiger partial charge >= 0.3 is 0 Å². The zero-order valence-electron chi connectivity index (χ0n) is 20.3. The average Bonchev–Trinajstić information content (AvgIpc) is 3.44. The monoisotopic (exact) mass is 554 g/mol. The molecule has 3 aromatic rings. The average molecular weight is 555 g/mol. The summed E-state index contributed by atoms with van der Waals surface area (Å²) in [5.74, 6) is -2.42. The summed E-state index contributed by atoms with van der Waals surface area (Å²) in [4.78, 5) is 56.6. The van der Waals surface area contributed by atoms with Crippen molar-refractivity contribution < 1.29 is 33.7 Å². The van der Waals surface area contributed by atoms with Crippen molar-refractivity contribution in [2.24, 2.45) is 5.92 Å². The second-order valence-electron chi connectivity index (χ2n) is 8.61.